The van der Waals surface area contributed by atoms with Gasteiger partial charge in [0.1, 0.15) is 0 Å². The summed E-state index contributed by atoms with van der Waals surface area (Å²) in [5.41, 5.74) is 0.945. The number of rotatable bonds is 4. The van der Waals surface area contributed by atoms with Gasteiger partial charge < -0.3 is 10.2 Å². The number of fused-ring (bicyclic) bond motifs is 1. The number of likely N-dealkylation sites (tertiary alicyclic amines) is 1. The zero-order valence-electron chi connectivity index (χ0n) is 14.5. The number of thiazole rings is 1. The smallest absolute Gasteiger partial charge is 0.230 e. The lowest BCUT2D eigenvalue weighted by atomic mass is 9.99. The van der Waals surface area contributed by atoms with Crippen molar-refractivity contribution in [1.82, 2.24) is 19.5 Å². The van der Waals surface area contributed by atoms with Gasteiger partial charge in [0.05, 0.1) is 17.0 Å². The second-order valence-corrected chi connectivity index (χ2v) is 7.97. The summed E-state index contributed by atoms with van der Waals surface area (Å²) in [7, 11) is 0. The predicted molar refractivity (Wildman–Crippen MR) is 102 cm³/mol. The van der Waals surface area contributed by atoms with Crippen LogP contribution in [0.4, 0.5) is 0 Å². The van der Waals surface area contributed by atoms with Gasteiger partial charge in [0.25, 0.3) is 0 Å². The van der Waals surface area contributed by atoms with Gasteiger partial charge in [-0.15, -0.1) is 5.10 Å². The summed E-state index contributed by atoms with van der Waals surface area (Å²) in [5.74, 6) is 0.835. The maximum Gasteiger partial charge on any atom is 0.230 e. The molecule has 0 radical (unpaired) electrons. The molecule has 1 atom stereocenters. The Labute approximate surface area is 160 Å². The van der Waals surface area contributed by atoms with E-state index in [-0.39, 0.29) is 18.0 Å². The Kier molecular flexibility index (Phi) is 4.88. The fraction of sp³-hybridized carbons (Fsp3) is 0.444. The van der Waals surface area contributed by atoms with Crippen LogP contribution in [0.15, 0.2) is 24.3 Å². The van der Waals surface area contributed by atoms with Gasteiger partial charge in [-0.1, -0.05) is 48.1 Å². The quantitative estimate of drug-likeness (QED) is 0.712. The maximum atomic E-state index is 10.9. The molecule has 8 heteroatoms. The fourth-order valence-electron chi connectivity index (χ4n) is 3.46. The highest BCUT2D eigenvalue weighted by molar-refractivity contribution is 7.17. The lowest BCUT2D eigenvalue weighted by Gasteiger charge is -2.36. The minimum atomic E-state index is -0.263. The van der Waals surface area contributed by atoms with Crippen LogP contribution in [0.5, 0.6) is 5.88 Å². The van der Waals surface area contributed by atoms with Crippen molar-refractivity contribution in [2.45, 2.75) is 38.3 Å². The summed E-state index contributed by atoms with van der Waals surface area (Å²) >= 11 is 7.94. The summed E-state index contributed by atoms with van der Waals surface area (Å²) in [6.07, 6.45) is 1.88. The van der Waals surface area contributed by atoms with E-state index < -0.39 is 0 Å². The van der Waals surface area contributed by atoms with E-state index in [1.807, 2.05) is 31.2 Å². The molecule has 1 aliphatic rings. The van der Waals surface area contributed by atoms with Crippen molar-refractivity contribution < 1.29 is 10.2 Å². The number of aryl methyl sites for hydroxylation is 1. The first kappa shape index (κ1) is 17.7. The van der Waals surface area contributed by atoms with Crippen LogP contribution in [0.3, 0.4) is 0 Å². The summed E-state index contributed by atoms with van der Waals surface area (Å²) in [4.78, 5) is 8.22. The number of piperidine rings is 1. The maximum absolute atomic E-state index is 10.9. The largest absolute Gasteiger partial charge is 0.492 e. The molecule has 1 aromatic carbocycles. The second-order valence-electron chi connectivity index (χ2n) is 6.56. The number of aliphatic hydroxyl groups excluding tert-OH is 1. The fourth-order valence-corrected chi connectivity index (χ4v) is 4.83. The zero-order valence-corrected chi connectivity index (χ0v) is 16.0. The normalized spacial score (nSPS) is 17.8. The van der Waals surface area contributed by atoms with E-state index in [0.29, 0.717) is 28.6 Å². The Bertz CT molecular complexity index is 917. The number of aromatic hydroxyl groups is 1. The molecule has 3 aromatic rings. The highest BCUT2D eigenvalue weighted by Gasteiger charge is 2.32. The molecule has 2 N–H and O–H groups in total. The molecule has 0 aliphatic carbocycles. The molecular weight excluding hydrogens is 372 g/mol. The van der Waals surface area contributed by atoms with Crippen LogP contribution in [0.25, 0.3) is 4.96 Å². The van der Waals surface area contributed by atoms with E-state index in [9.17, 15) is 10.2 Å². The molecule has 0 bridgehead atoms. The molecule has 3 heterocycles. The van der Waals surface area contributed by atoms with Crippen molar-refractivity contribution >= 4 is 27.9 Å². The molecule has 138 valence electrons. The van der Waals surface area contributed by atoms with E-state index in [1.165, 1.54) is 15.9 Å². The zero-order chi connectivity index (χ0) is 18.3. The molecule has 0 spiro atoms. The molecule has 26 heavy (non-hydrogen) atoms. The van der Waals surface area contributed by atoms with Crippen LogP contribution in [0, 0.1) is 0 Å². The van der Waals surface area contributed by atoms with Crippen molar-refractivity contribution in [3.8, 4) is 5.88 Å². The number of halogens is 1. The van der Waals surface area contributed by atoms with Gasteiger partial charge in [0.15, 0.2) is 5.82 Å². The van der Waals surface area contributed by atoms with Gasteiger partial charge in [0.2, 0.25) is 10.8 Å². The third kappa shape index (κ3) is 3.09. The molecule has 1 aliphatic heterocycles. The van der Waals surface area contributed by atoms with Crippen LogP contribution >= 0.6 is 22.9 Å². The van der Waals surface area contributed by atoms with Gasteiger partial charge in [-0.3, -0.25) is 4.90 Å². The average molecular weight is 393 g/mol. The van der Waals surface area contributed by atoms with E-state index >= 15 is 0 Å². The lowest BCUT2D eigenvalue weighted by molar-refractivity contribution is 0.0690. The number of aromatic nitrogens is 3. The van der Waals surface area contributed by atoms with E-state index in [2.05, 4.69) is 15.0 Å². The Balaban J connectivity index is 1.81. The number of hydrogen-bond donors (Lipinski definition) is 2. The summed E-state index contributed by atoms with van der Waals surface area (Å²) in [6, 6.07) is 7.53. The summed E-state index contributed by atoms with van der Waals surface area (Å²) < 4.78 is 1.52. The SMILES string of the molecule is CCc1nc2sc([C@@H](c3ccccc3Cl)N3CCC(O)CC3)c(O)n2n1. The number of hydrogen-bond acceptors (Lipinski definition) is 6. The third-order valence-electron chi connectivity index (χ3n) is 4.87. The molecular formula is C18H21ClN4O2S. The van der Waals surface area contributed by atoms with Crippen molar-refractivity contribution in [1.29, 1.82) is 0 Å². The Hall–Kier alpha value is -1.67. The number of aliphatic hydroxyl groups is 1. The second kappa shape index (κ2) is 7.15. The minimum Gasteiger partial charge on any atom is -0.492 e. The molecule has 4 rings (SSSR count). The predicted octanol–water partition coefficient (Wildman–Crippen LogP) is 3.26. The van der Waals surface area contributed by atoms with Crippen LogP contribution in [-0.4, -0.2) is 48.9 Å². The molecule has 0 amide bonds. The Morgan fingerprint density at radius 2 is 2.04 bits per heavy atom. The van der Waals surface area contributed by atoms with E-state index in [4.69, 9.17) is 11.6 Å². The van der Waals surface area contributed by atoms with Crippen LogP contribution in [-0.2, 0) is 6.42 Å². The van der Waals surface area contributed by atoms with Gasteiger partial charge in [-0.05, 0) is 24.5 Å². The van der Waals surface area contributed by atoms with Crippen LogP contribution < -0.4 is 0 Å². The topological polar surface area (TPSA) is 73.9 Å². The van der Waals surface area contributed by atoms with Crippen molar-refractivity contribution in [3.05, 3.63) is 45.6 Å². The number of benzene rings is 1. The Morgan fingerprint density at radius 1 is 1.31 bits per heavy atom. The van der Waals surface area contributed by atoms with Crippen molar-refractivity contribution in [2.24, 2.45) is 0 Å². The standard InChI is InChI=1S/C18H21ClN4O2S/c1-2-14-20-18-23(21-14)17(25)16(26-18)15(12-5-3-4-6-13(12)19)22-9-7-11(24)8-10-22/h3-6,11,15,24-25H,2,7-10H2,1H3/t15-/m1/s1. The Morgan fingerprint density at radius 3 is 2.69 bits per heavy atom. The van der Waals surface area contributed by atoms with Gasteiger partial charge >= 0.3 is 0 Å². The van der Waals surface area contributed by atoms with Gasteiger partial charge in [0, 0.05) is 24.5 Å². The molecule has 1 saturated heterocycles. The third-order valence-corrected chi connectivity index (χ3v) is 6.29. The van der Waals surface area contributed by atoms with Crippen molar-refractivity contribution in [2.75, 3.05) is 13.1 Å². The monoisotopic (exact) mass is 392 g/mol. The van der Waals surface area contributed by atoms with Gasteiger partial charge in [-0.25, -0.2) is 4.98 Å². The molecule has 0 unspecified atom stereocenters. The van der Waals surface area contributed by atoms with Crippen LogP contribution in [0.1, 0.15) is 42.1 Å². The molecule has 0 saturated carbocycles. The lowest BCUT2D eigenvalue weighted by Crippen LogP contribution is -2.38. The highest BCUT2D eigenvalue weighted by atomic mass is 35.5. The summed E-state index contributed by atoms with van der Waals surface area (Å²) in [5, 5.41) is 25.8. The highest BCUT2D eigenvalue weighted by Crippen LogP contribution is 2.42. The first-order valence-electron chi connectivity index (χ1n) is 8.82. The van der Waals surface area contributed by atoms with Gasteiger partial charge in [-0.2, -0.15) is 4.52 Å². The molecule has 2 aromatic heterocycles. The average Bonchev–Trinajstić information content (AvgIpc) is 3.18. The molecule has 6 nitrogen and oxygen atoms in total. The molecule has 1 fully saturated rings. The van der Waals surface area contributed by atoms with Crippen molar-refractivity contribution in [3.63, 3.8) is 0 Å². The van der Waals surface area contributed by atoms with Crippen LogP contribution in [0.2, 0.25) is 5.02 Å². The number of nitrogens with zero attached hydrogens (tertiary/aromatic N) is 4. The van der Waals surface area contributed by atoms with E-state index in [0.717, 1.165) is 30.0 Å². The first-order valence-corrected chi connectivity index (χ1v) is 10.0. The summed E-state index contributed by atoms with van der Waals surface area (Å²) in [6.45, 7) is 3.47. The van der Waals surface area contributed by atoms with E-state index in [1.54, 1.807) is 0 Å². The minimum absolute atomic E-state index is 0.119. The first-order chi connectivity index (χ1) is 12.6.